The lowest BCUT2D eigenvalue weighted by molar-refractivity contribution is 0.0425. The Bertz CT molecular complexity index is 804. The molecule has 0 bridgehead atoms. The lowest BCUT2D eigenvalue weighted by Gasteiger charge is -2.41. The second-order valence-electron chi connectivity index (χ2n) is 7.30. The van der Waals surface area contributed by atoms with E-state index in [1.54, 1.807) is 23.6 Å². The van der Waals surface area contributed by atoms with Gasteiger partial charge in [0.25, 0.3) is 11.1 Å². The van der Waals surface area contributed by atoms with Crippen LogP contribution in [0.15, 0.2) is 34.2 Å². The van der Waals surface area contributed by atoms with Gasteiger partial charge in [-0.15, -0.1) is 0 Å². The van der Waals surface area contributed by atoms with Crippen molar-refractivity contribution in [2.75, 3.05) is 26.2 Å². The molecule has 2 aliphatic heterocycles. The number of likely N-dealkylation sites (tertiary alicyclic amines) is 2. The maximum atomic E-state index is 12.8. The molecule has 2 fully saturated rings. The van der Waals surface area contributed by atoms with Crippen molar-refractivity contribution in [3.8, 4) is 5.19 Å². The molecule has 2 aliphatic rings. The van der Waals surface area contributed by atoms with Gasteiger partial charge in [-0.05, 0) is 43.9 Å². The first-order chi connectivity index (χ1) is 13.6. The van der Waals surface area contributed by atoms with E-state index in [0.717, 1.165) is 61.5 Å². The normalized spacial score (nSPS) is 19.7. The Morgan fingerprint density at radius 1 is 1.18 bits per heavy atom. The van der Waals surface area contributed by atoms with Crippen LogP contribution in [0.1, 0.15) is 36.0 Å². The standard InChI is InChI=1S/C20H23BrClN3O2S/c21-14-1-2-18(22)17(13-14)19(26)25-8-3-15(4-9-25)24-10-5-16(6-11-24)27-20-23-7-12-28-20/h1-2,7,12-13,15-16H,3-6,8-11H2. The lowest BCUT2D eigenvalue weighted by atomic mass is 9.98. The zero-order chi connectivity index (χ0) is 19.5. The van der Waals surface area contributed by atoms with Crippen LogP contribution in [0, 0.1) is 0 Å². The van der Waals surface area contributed by atoms with E-state index in [1.165, 1.54) is 0 Å². The maximum absolute atomic E-state index is 12.8. The maximum Gasteiger partial charge on any atom is 0.273 e. The van der Waals surface area contributed by atoms with Gasteiger partial charge in [-0.25, -0.2) is 4.98 Å². The number of hydrogen-bond acceptors (Lipinski definition) is 5. The number of hydrogen-bond donors (Lipinski definition) is 0. The molecule has 2 saturated heterocycles. The summed E-state index contributed by atoms with van der Waals surface area (Å²) >= 11 is 11.2. The van der Waals surface area contributed by atoms with E-state index < -0.39 is 0 Å². The van der Waals surface area contributed by atoms with Crippen molar-refractivity contribution in [2.45, 2.75) is 37.8 Å². The van der Waals surface area contributed by atoms with Gasteiger partial charge in [-0.1, -0.05) is 38.9 Å². The van der Waals surface area contributed by atoms with Crippen LogP contribution >= 0.6 is 38.9 Å². The SMILES string of the molecule is O=C(c1cc(Br)ccc1Cl)N1CCC(N2CCC(Oc3nccs3)CC2)CC1. The van der Waals surface area contributed by atoms with Crippen molar-refractivity contribution in [3.63, 3.8) is 0 Å². The van der Waals surface area contributed by atoms with E-state index in [2.05, 4.69) is 25.8 Å². The minimum absolute atomic E-state index is 0.0281. The van der Waals surface area contributed by atoms with Crippen molar-refractivity contribution in [1.82, 2.24) is 14.8 Å². The number of benzene rings is 1. The van der Waals surface area contributed by atoms with Crippen LogP contribution in [0.4, 0.5) is 0 Å². The van der Waals surface area contributed by atoms with E-state index >= 15 is 0 Å². The fraction of sp³-hybridized carbons (Fsp3) is 0.500. The van der Waals surface area contributed by atoms with Crippen LogP contribution < -0.4 is 4.74 Å². The van der Waals surface area contributed by atoms with Crippen molar-refractivity contribution in [1.29, 1.82) is 0 Å². The fourth-order valence-electron chi connectivity index (χ4n) is 4.04. The molecule has 2 aromatic rings. The van der Waals surface area contributed by atoms with Crippen molar-refractivity contribution in [3.05, 3.63) is 44.8 Å². The van der Waals surface area contributed by atoms with Gasteiger partial charge < -0.3 is 9.64 Å². The Hall–Kier alpha value is -1.15. The van der Waals surface area contributed by atoms with Gasteiger partial charge in [0.2, 0.25) is 0 Å². The largest absolute Gasteiger partial charge is 0.467 e. The summed E-state index contributed by atoms with van der Waals surface area (Å²) in [6.45, 7) is 3.65. The summed E-state index contributed by atoms with van der Waals surface area (Å²) in [4.78, 5) is 21.5. The third kappa shape index (κ3) is 4.70. The second kappa shape index (κ2) is 9.11. The van der Waals surface area contributed by atoms with Crippen molar-refractivity contribution >= 4 is 44.8 Å². The number of aromatic nitrogens is 1. The number of nitrogens with zero attached hydrogens (tertiary/aromatic N) is 3. The molecule has 4 rings (SSSR count). The van der Waals surface area contributed by atoms with Gasteiger partial charge in [-0.3, -0.25) is 9.69 Å². The number of ether oxygens (including phenoxy) is 1. The van der Waals surface area contributed by atoms with Gasteiger partial charge in [-0.2, -0.15) is 0 Å². The molecule has 0 atom stereocenters. The monoisotopic (exact) mass is 483 g/mol. The van der Waals surface area contributed by atoms with E-state index in [9.17, 15) is 4.79 Å². The molecule has 0 unspecified atom stereocenters. The van der Waals surface area contributed by atoms with Crippen LogP contribution in [-0.4, -0.2) is 59.0 Å². The number of piperidine rings is 2. The van der Waals surface area contributed by atoms with Crippen LogP contribution in [0.3, 0.4) is 0 Å². The molecular weight excluding hydrogens is 462 g/mol. The van der Waals surface area contributed by atoms with E-state index in [1.807, 2.05) is 22.4 Å². The summed E-state index contributed by atoms with van der Waals surface area (Å²) in [6.07, 6.45) is 6.14. The molecule has 0 radical (unpaired) electrons. The van der Waals surface area contributed by atoms with E-state index in [0.29, 0.717) is 16.6 Å². The van der Waals surface area contributed by atoms with Crippen molar-refractivity contribution < 1.29 is 9.53 Å². The average molecular weight is 485 g/mol. The Morgan fingerprint density at radius 2 is 1.93 bits per heavy atom. The van der Waals surface area contributed by atoms with Gasteiger partial charge in [0, 0.05) is 48.3 Å². The minimum atomic E-state index is 0.0281. The summed E-state index contributed by atoms with van der Waals surface area (Å²) in [6, 6.07) is 5.98. The third-order valence-electron chi connectivity index (χ3n) is 5.58. The number of amides is 1. The van der Waals surface area contributed by atoms with Crippen LogP contribution in [0.2, 0.25) is 5.02 Å². The van der Waals surface area contributed by atoms with E-state index in [4.69, 9.17) is 16.3 Å². The highest BCUT2D eigenvalue weighted by Crippen LogP contribution is 2.27. The Kier molecular flexibility index (Phi) is 6.55. The molecule has 0 saturated carbocycles. The first kappa shape index (κ1) is 20.1. The molecule has 3 heterocycles. The summed E-state index contributed by atoms with van der Waals surface area (Å²) in [5.74, 6) is 0.0281. The van der Waals surface area contributed by atoms with E-state index in [-0.39, 0.29) is 12.0 Å². The first-order valence-corrected chi connectivity index (χ1v) is 11.7. The first-order valence-electron chi connectivity index (χ1n) is 9.64. The molecule has 1 aromatic heterocycles. The molecule has 28 heavy (non-hydrogen) atoms. The van der Waals surface area contributed by atoms with Crippen LogP contribution in [0.5, 0.6) is 5.19 Å². The molecule has 1 amide bonds. The molecular formula is C20H23BrClN3O2S. The van der Waals surface area contributed by atoms with Crippen LogP contribution in [0.25, 0.3) is 0 Å². The average Bonchev–Trinajstić information content (AvgIpc) is 3.23. The number of rotatable bonds is 4. The number of carbonyl (C=O) groups is 1. The number of thiazole rings is 1. The number of halogens is 2. The molecule has 0 aliphatic carbocycles. The predicted octanol–water partition coefficient (Wildman–Crippen LogP) is 4.71. The molecule has 150 valence electrons. The summed E-state index contributed by atoms with van der Waals surface area (Å²) in [7, 11) is 0. The summed E-state index contributed by atoms with van der Waals surface area (Å²) < 4.78 is 6.83. The topological polar surface area (TPSA) is 45.7 Å². The smallest absolute Gasteiger partial charge is 0.273 e. The Morgan fingerprint density at radius 3 is 2.61 bits per heavy atom. The highest BCUT2D eigenvalue weighted by Gasteiger charge is 2.31. The van der Waals surface area contributed by atoms with Crippen LogP contribution in [-0.2, 0) is 0 Å². The molecule has 8 heteroatoms. The molecule has 0 spiro atoms. The van der Waals surface area contributed by atoms with Crippen molar-refractivity contribution in [2.24, 2.45) is 0 Å². The Balaban J connectivity index is 1.26. The zero-order valence-electron chi connectivity index (χ0n) is 15.5. The summed E-state index contributed by atoms with van der Waals surface area (Å²) in [5, 5.41) is 3.23. The summed E-state index contributed by atoms with van der Waals surface area (Å²) in [5.41, 5.74) is 0.578. The lowest BCUT2D eigenvalue weighted by Crippen LogP contribution is -2.50. The fourth-order valence-corrected chi connectivity index (χ4v) is 5.15. The van der Waals surface area contributed by atoms with Gasteiger partial charge >= 0.3 is 0 Å². The minimum Gasteiger partial charge on any atom is -0.467 e. The molecule has 1 aromatic carbocycles. The van der Waals surface area contributed by atoms with Gasteiger partial charge in [0.05, 0.1) is 10.6 Å². The highest BCUT2D eigenvalue weighted by molar-refractivity contribution is 9.10. The van der Waals surface area contributed by atoms with Gasteiger partial charge in [0.15, 0.2) is 0 Å². The Labute approximate surface area is 182 Å². The third-order valence-corrected chi connectivity index (χ3v) is 7.06. The second-order valence-corrected chi connectivity index (χ2v) is 9.48. The predicted molar refractivity (Wildman–Crippen MR) is 115 cm³/mol. The molecule has 0 N–H and O–H groups in total. The highest BCUT2D eigenvalue weighted by atomic mass is 79.9. The number of carbonyl (C=O) groups excluding carboxylic acids is 1. The molecule has 5 nitrogen and oxygen atoms in total. The quantitative estimate of drug-likeness (QED) is 0.631. The van der Waals surface area contributed by atoms with Gasteiger partial charge in [0.1, 0.15) is 6.10 Å². The zero-order valence-corrected chi connectivity index (χ0v) is 18.7.